The van der Waals surface area contributed by atoms with Gasteiger partial charge in [0.15, 0.2) is 0 Å². The maximum atomic E-state index is 15.0. The molecular formula is C28H32ClF2N5O3S. The van der Waals surface area contributed by atoms with E-state index in [4.69, 9.17) is 17.3 Å². The number of nitrogens with one attached hydrogen (secondary N) is 2. The van der Waals surface area contributed by atoms with E-state index in [1.165, 1.54) is 28.7 Å². The van der Waals surface area contributed by atoms with Gasteiger partial charge in [-0.05, 0) is 55.2 Å². The predicted octanol–water partition coefficient (Wildman–Crippen LogP) is 3.67. The van der Waals surface area contributed by atoms with E-state index in [0.717, 1.165) is 12.5 Å². The Morgan fingerprint density at radius 3 is 2.58 bits per heavy atom. The summed E-state index contributed by atoms with van der Waals surface area (Å²) in [7, 11) is -3.48. The molecule has 8 nitrogen and oxygen atoms in total. The Labute approximate surface area is 238 Å². The molecule has 0 aliphatic carbocycles. The van der Waals surface area contributed by atoms with E-state index in [2.05, 4.69) is 15.6 Å². The molecular weight excluding hydrogens is 560 g/mol. The lowest BCUT2D eigenvalue weighted by molar-refractivity contribution is -0.117. The Hall–Kier alpha value is -2.96. The molecule has 1 aliphatic heterocycles. The van der Waals surface area contributed by atoms with Crippen molar-refractivity contribution in [1.29, 1.82) is 0 Å². The first-order valence-corrected chi connectivity index (χ1v) is 15.1. The quantitative estimate of drug-likeness (QED) is 0.350. The fraction of sp³-hybridized carbons (Fsp3) is 0.357. The minimum absolute atomic E-state index is 0.136. The van der Waals surface area contributed by atoms with Gasteiger partial charge in [0.2, 0.25) is 15.9 Å². The standard InChI is InChI=1S/C28H32ClF2N5O3S/c1-17-13-33-14-22(36(17)40(2,38)39)10-11-23-24(31)15-34-16-25(23)35-28(37)27(32)26(18-6-8-20(29)9-7-18)19-4-3-5-21(30)12-19/h3-9,12,15-17,22,26-27,33H,10-11,13-14,32H2,1-2H3,(H,35,37)/t17-,22-,26?,27?/m0/s1. The number of halogens is 3. The van der Waals surface area contributed by atoms with Gasteiger partial charge in [-0.15, -0.1) is 0 Å². The normalized spacial score (nSPS) is 19.6. The van der Waals surface area contributed by atoms with Crippen LogP contribution < -0.4 is 16.4 Å². The zero-order valence-electron chi connectivity index (χ0n) is 22.1. The zero-order valence-corrected chi connectivity index (χ0v) is 23.7. The van der Waals surface area contributed by atoms with Gasteiger partial charge >= 0.3 is 0 Å². The van der Waals surface area contributed by atoms with Gasteiger partial charge in [0.05, 0.1) is 30.4 Å². The van der Waals surface area contributed by atoms with E-state index in [1.54, 1.807) is 30.3 Å². The van der Waals surface area contributed by atoms with Gasteiger partial charge < -0.3 is 16.4 Å². The molecule has 1 saturated heterocycles. The van der Waals surface area contributed by atoms with Gasteiger partial charge in [0, 0.05) is 41.7 Å². The summed E-state index contributed by atoms with van der Waals surface area (Å²) in [6, 6.07) is 10.8. The summed E-state index contributed by atoms with van der Waals surface area (Å²) in [4.78, 5) is 17.3. The zero-order chi connectivity index (χ0) is 29.0. The highest BCUT2D eigenvalue weighted by Crippen LogP contribution is 2.30. The summed E-state index contributed by atoms with van der Waals surface area (Å²) in [6.07, 6.45) is 4.01. The number of carbonyl (C=O) groups is 1. The average Bonchev–Trinajstić information content (AvgIpc) is 2.89. The maximum absolute atomic E-state index is 15.0. The molecule has 1 aliphatic rings. The molecule has 4 rings (SSSR count). The fourth-order valence-corrected chi connectivity index (χ4v) is 6.88. The SMILES string of the molecule is C[C@H]1CNC[C@H](CCc2c(F)cncc2NC(=O)C(N)C(c2ccc(Cl)cc2)c2cccc(F)c2)N1S(C)(=O)=O. The van der Waals surface area contributed by atoms with Crippen molar-refractivity contribution < 1.29 is 22.0 Å². The van der Waals surface area contributed by atoms with Crippen molar-refractivity contribution >= 4 is 33.2 Å². The van der Waals surface area contributed by atoms with Crippen LogP contribution in [0.2, 0.25) is 5.02 Å². The Balaban J connectivity index is 1.58. The maximum Gasteiger partial charge on any atom is 0.242 e. The fourth-order valence-electron chi connectivity index (χ4n) is 5.30. The van der Waals surface area contributed by atoms with Crippen molar-refractivity contribution in [2.24, 2.45) is 5.73 Å². The molecule has 0 spiro atoms. The van der Waals surface area contributed by atoms with E-state index >= 15 is 0 Å². The molecule has 0 saturated carbocycles. The van der Waals surface area contributed by atoms with Crippen LogP contribution in [0.5, 0.6) is 0 Å². The van der Waals surface area contributed by atoms with Crippen molar-refractivity contribution in [3.8, 4) is 0 Å². The van der Waals surface area contributed by atoms with Gasteiger partial charge in [0.25, 0.3) is 0 Å². The van der Waals surface area contributed by atoms with Gasteiger partial charge in [-0.3, -0.25) is 9.78 Å². The number of sulfonamides is 1. The molecule has 0 bridgehead atoms. The third-order valence-electron chi connectivity index (χ3n) is 7.09. The summed E-state index contributed by atoms with van der Waals surface area (Å²) in [5, 5.41) is 6.41. The lowest BCUT2D eigenvalue weighted by Crippen LogP contribution is -2.58. The number of benzene rings is 2. The summed E-state index contributed by atoms with van der Waals surface area (Å²) in [6.45, 7) is 2.76. The molecule has 2 aromatic carbocycles. The molecule has 12 heteroatoms. The summed E-state index contributed by atoms with van der Waals surface area (Å²) >= 11 is 6.04. The van der Waals surface area contributed by atoms with Crippen LogP contribution in [0, 0.1) is 11.6 Å². The molecule has 214 valence electrons. The van der Waals surface area contributed by atoms with Crippen LogP contribution in [-0.4, -0.2) is 61.1 Å². The highest BCUT2D eigenvalue weighted by molar-refractivity contribution is 7.88. The number of pyridine rings is 1. The molecule has 2 unspecified atom stereocenters. The number of piperazine rings is 1. The van der Waals surface area contributed by atoms with Crippen molar-refractivity contribution in [2.75, 3.05) is 24.7 Å². The van der Waals surface area contributed by atoms with E-state index in [-0.39, 0.29) is 29.8 Å². The van der Waals surface area contributed by atoms with Gasteiger partial charge in [0.1, 0.15) is 11.6 Å². The highest BCUT2D eigenvalue weighted by Gasteiger charge is 2.34. The van der Waals surface area contributed by atoms with E-state index in [0.29, 0.717) is 35.7 Å². The summed E-state index contributed by atoms with van der Waals surface area (Å²) in [5.41, 5.74) is 7.92. The smallest absolute Gasteiger partial charge is 0.242 e. The topological polar surface area (TPSA) is 117 Å². The van der Waals surface area contributed by atoms with Gasteiger partial charge in [-0.1, -0.05) is 35.9 Å². The number of rotatable bonds is 9. The van der Waals surface area contributed by atoms with Crippen LogP contribution in [0.25, 0.3) is 0 Å². The predicted molar refractivity (Wildman–Crippen MR) is 152 cm³/mol. The van der Waals surface area contributed by atoms with Crippen LogP contribution in [0.1, 0.15) is 36.0 Å². The highest BCUT2D eigenvalue weighted by atomic mass is 35.5. The first-order valence-electron chi connectivity index (χ1n) is 12.8. The monoisotopic (exact) mass is 591 g/mol. The Morgan fingerprint density at radius 2 is 1.90 bits per heavy atom. The lowest BCUT2D eigenvalue weighted by Gasteiger charge is -2.39. The molecule has 1 fully saturated rings. The Bertz CT molecular complexity index is 1460. The summed E-state index contributed by atoms with van der Waals surface area (Å²) < 4.78 is 55.4. The molecule has 2 heterocycles. The molecule has 1 amide bonds. The first kappa shape index (κ1) is 30.0. The summed E-state index contributed by atoms with van der Waals surface area (Å²) in [5.74, 6) is -2.46. The molecule has 1 aromatic heterocycles. The van der Waals surface area contributed by atoms with Crippen LogP contribution in [-0.2, 0) is 21.2 Å². The van der Waals surface area contributed by atoms with Crippen molar-refractivity contribution in [1.82, 2.24) is 14.6 Å². The number of nitrogens with two attached hydrogens (primary N) is 1. The third kappa shape index (κ3) is 7.02. The first-order chi connectivity index (χ1) is 19.0. The minimum Gasteiger partial charge on any atom is -0.323 e. The Morgan fingerprint density at radius 1 is 1.18 bits per heavy atom. The van der Waals surface area contributed by atoms with Gasteiger partial charge in [-0.2, -0.15) is 4.31 Å². The van der Waals surface area contributed by atoms with E-state index in [1.807, 2.05) is 6.92 Å². The Kier molecular flexibility index (Phi) is 9.52. The van der Waals surface area contributed by atoms with Crippen LogP contribution >= 0.6 is 11.6 Å². The van der Waals surface area contributed by atoms with Crippen LogP contribution in [0.15, 0.2) is 60.9 Å². The molecule has 4 N–H and O–H groups in total. The van der Waals surface area contributed by atoms with E-state index < -0.39 is 39.5 Å². The van der Waals surface area contributed by atoms with Crippen molar-refractivity contribution in [2.45, 2.75) is 43.8 Å². The van der Waals surface area contributed by atoms with Crippen molar-refractivity contribution in [3.63, 3.8) is 0 Å². The molecule has 0 radical (unpaired) electrons. The van der Waals surface area contributed by atoms with Crippen LogP contribution in [0.3, 0.4) is 0 Å². The lowest BCUT2D eigenvalue weighted by atomic mass is 9.85. The number of nitrogens with zero attached hydrogens (tertiary/aromatic N) is 2. The largest absolute Gasteiger partial charge is 0.323 e. The number of anilines is 1. The van der Waals surface area contributed by atoms with Gasteiger partial charge in [-0.25, -0.2) is 17.2 Å². The average molecular weight is 592 g/mol. The number of hydrogen-bond acceptors (Lipinski definition) is 6. The molecule has 4 atom stereocenters. The number of carbonyl (C=O) groups excluding carboxylic acids is 1. The molecule has 3 aromatic rings. The van der Waals surface area contributed by atoms with Crippen LogP contribution in [0.4, 0.5) is 14.5 Å². The second kappa shape index (κ2) is 12.7. The number of amides is 1. The minimum atomic E-state index is -3.48. The number of aromatic nitrogens is 1. The third-order valence-corrected chi connectivity index (χ3v) is 8.76. The molecule has 40 heavy (non-hydrogen) atoms. The number of hydrogen-bond donors (Lipinski definition) is 3. The second-order valence-corrected chi connectivity index (χ2v) is 12.4. The second-order valence-electron chi connectivity index (χ2n) is 10.0. The van der Waals surface area contributed by atoms with Crippen molar-refractivity contribution in [3.05, 3.63) is 94.3 Å². The van der Waals surface area contributed by atoms with E-state index in [9.17, 15) is 22.0 Å².